The summed E-state index contributed by atoms with van der Waals surface area (Å²) in [4.78, 5) is 10.2. The first-order chi connectivity index (χ1) is 9.52. The van der Waals surface area contributed by atoms with Gasteiger partial charge in [0.25, 0.3) is 5.69 Å². The van der Waals surface area contributed by atoms with E-state index < -0.39 is 10.7 Å². The van der Waals surface area contributed by atoms with Gasteiger partial charge in [0.2, 0.25) is 0 Å². The molecule has 1 aromatic rings. The van der Waals surface area contributed by atoms with Gasteiger partial charge in [0, 0.05) is 17.8 Å². The predicted molar refractivity (Wildman–Crippen MR) is 75.1 cm³/mol. The summed E-state index contributed by atoms with van der Waals surface area (Å²) in [6.07, 6.45) is 5.19. The molecule has 3 rings (SSSR count). The molecule has 0 spiro atoms. The average Bonchev–Trinajstić information content (AvgIpc) is 3.00. The highest BCUT2D eigenvalue weighted by Crippen LogP contribution is 2.49. The summed E-state index contributed by atoms with van der Waals surface area (Å²) < 4.78 is 13.4. The molecule has 0 saturated heterocycles. The molecule has 0 heterocycles. The van der Waals surface area contributed by atoms with Crippen molar-refractivity contribution in [3.8, 4) is 0 Å². The van der Waals surface area contributed by atoms with Gasteiger partial charge in [-0.05, 0) is 50.0 Å². The molecule has 4 nitrogen and oxygen atoms in total. The fourth-order valence-electron chi connectivity index (χ4n) is 4.04. The van der Waals surface area contributed by atoms with Crippen LogP contribution in [-0.2, 0) is 0 Å². The standard InChI is InChI=1S/C15H19FN2O2/c1-9(15-5-10-2-3-11(15)4-10)17-13-6-12(16)7-14(8-13)18(19)20/h6-11,15,17H,2-5H2,1H3. The Labute approximate surface area is 117 Å². The third-order valence-electron chi connectivity index (χ3n) is 4.92. The van der Waals surface area contributed by atoms with Gasteiger partial charge in [-0.1, -0.05) is 6.42 Å². The Morgan fingerprint density at radius 2 is 2.15 bits per heavy atom. The lowest BCUT2D eigenvalue weighted by Crippen LogP contribution is -2.29. The minimum Gasteiger partial charge on any atom is -0.382 e. The summed E-state index contributed by atoms with van der Waals surface area (Å²) in [5, 5.41) is 14.0. The first-order valence-corrected chi connectivity index (χ1v) is 7.24. The lowest BCUT2D eigenvalue weighted by atomic mass is 9.84. The number of non-ortho nitro benzene ring substituents is 1. The van der Waals surface area contributed by atoms with Crippen LogP contribution in [0.2, 0.25) is 0 Å². The van der Waals surface area contributed by atoms with E-state index in [1.165, 1.54) is 37.8 Å². The molecule has 2 fully saturated rings. The Hall–Kier alpha value is -1.65. The smallest absolute Gasteiger partial charge is 0.274 e. The second-order valence-electron chi connectivity index (χ2n) is 6.23. The van der Waals surface area contributed by atoms with Crippen LogP contribution >= 0.6 is 0 Å². The maximum atomic E-state index is 13.4. The van der Waals surface area contributed by atoms with Crippen LogP contribution in [0.3, 0.4) is 0 Å². The predicted octanol–water partition coefficient (Wildman–Crippen LogP) is 3.97. The number of nitro benzene ring substituents is 1. The van der Waals surface area contributed by atoms with Crippen LogP contribution in [0, 0.1) is 33.7 Å². The molecule has 0 aliphatic heterocycles. The molecule has 0 aromatic heterocycles. The number of hydrogen-bond donors (Lipinski definition) is 1. The monoisotopic (exact) mass is 278 g/mol. The molecular formula is C15H19FN2O2. The van der Waals surface area contributed by atoms with Crippen molar-refractivity contribution < 1.29 is 9.31 Å². The molecule has 4 atom stereocenters. The van der Waals surface area contributed by atoms with Gasteiger partial charge >= 0.3 is 0 Å². The van der Waals surface area contributed by atoms with Crippen LogP contribution in [0.1, 0.15) is 32.6 Å². The highest BCUT2D eigenvalue weighted by atomic mass is 19.1. The van der Waals surface area contributed by atoms with Gasteiger partial charge in [0.05, 0.1) is 11.0 Å². The number of fused-ring (bicyclic) bond motifs is 2. The first kappa shape index (κ1) is 13.3. The lowest BCUT2D eigenvalue weighted by molar-refractivity contribution is -0.385. The number of nitrogens with one attached hydrogen (secondary N) is 1. The topological polar surface area (TPSA) is 55.2 Å². The van der Waals surface area contributed by atoms with Crippen LogP contribution in [0.5, 0.6) is 0 Å². The normalized spacial score (nSPS) is 29.4. The van der Waals surface area contributed by atoms with Crippen molar-refractivity contribution in [2.75, 3.05) is 5.32 Å². The van der Waals surface area contributed by atoms with E-state index in [4.69, 9.17) is 0 Å². The molecule has 0 radical (unpaired) electrons. The van der Waals surface area contributed by atoms with Gasteiger partial charge in [-0.15, -0.1) is 0 Å². The molecule has 2 saturated carbocycles. The maximum absolute atomic E-state index is 13.4. The van der Waals surface area contributed by atoms with Crippen molar-refractivity contribution in [1.29, 1.82) is 0 Å². The van der Waals surface area contributed by atoms with Crippen LogP contribution < -0.4 is 5.32 Å². The molecule has 1 aromatic carbocycles. The summed E-state index contributed by atoms with van der Waals surface area (Å²) in [6, 6.07) is 3.92. The Kier molecular flexibility index (Phi) is 3.36. The van der Waals surface area contributed by atoms with Gasteiger partial charge in [-0.2, -0.15) is 0 Å². The zero-order valence-corrected chi connectivity index (χ0v) is 11.5. The summed E-state index contributed by atoms with van der Waals surface area (Å²) in [6.45, 7) is 2.10. The molecule has 0 amide bonds. The number of anilines is 1. The van der Waals surface area contributed by atoms with Crippen molar-refractivity contribution in [2.45, 2.75) is 38.6 Å². The highest BCUT2D eigenvalue weighted by molar-refractivity contribution is 5.52. The summed E-state index contributed by atoms with van der Waals surface area (Å²) in [5.41, 5.74) is 0.305. The largest absolute Gasteiger partial charge is 0.382 e. The van der Waals surface area contributed by atoms with Crippen molar-refractivity contribution in [1.82, 2.24) is 0 Å². The van der Waals surface area contributed by atoms with Crippen molar-refractivity contribution >= 4 is 11.4 Å². The Morgan fingerprint density at radius 1 is 1.35 bits per heavy atom. The van der Waals surface area contributed by atoms with E-state index in [1.807, 2.05) is 0 Å². The average molecular weight is 278 g/mol. The lowest BCUT2D eigenvalue weighted by Gasteiger charge is -2.29. The van der Waals surface area contributed by atoms with Crippen molar-refractivity contribution in [2.24, 2.45) is 17.8 Å². The molecule has 2 bridgehead atoms. The second kappa shape index (κ2) is 5.04. The van der Waals surface area contributed by atoms with Gasteiger partial charge < -0.3 is 5.32 Å². The molecule has 20 heavy (non-hydrogen) atoms. The SMILES string of the molecule is CC(Nc1cc(F)cc([N+](=O)[O-])c1)C1CC2CCC1C2. The zero-order chi connectivity index (χ0) is 14.3. The number of halogens is 1. The summed E-state index contributed by atoms with van der Waals surface area (Å²) in [5.74, 6) is 1.67. The van der Waals surface area contributed by atoms with E-state index in [1.54, 1.807) is 0 Å². The number of nitro groups is 1. The van der Waals surface area contributed by atoms with Crippen LogP contribution in [0.25, 0.3) is 0 Å². The van der Waals surface area contributed by atoms with Gasteiger partial charge in [0.15, 0.2) is 0 Å². The molecule has 2 aliphatic carbocycles. The molecule has 2 aliphatic rings. The number of hydrogen-bond acceptors (Lipinski definition) is 3. The van der Waals surface area contributed by atoms with Crippen LogP contribution in [0.15, 0.2) is 18.2 Å². The number of benzene rings is 1. The fourth-order valence-corrected chi connectivity index (χ4v) is 4.04. The minimum atomic E-state index is -0.568. The molecule has 5 heteroatoms. The van der Waals surface area contributed by atoms with Crippen LogP contribution in [0.4, 0.5) is 15.8 Å². The van der Waals surface area contributed by atoms with Gasteiger partial charge in [-0.25, -0.2) is 4.39 Å². The van der Waals surface area contributed by atoms with Gasteiger partial charge in [-0.3, -0.25) is 10.1 Å². The molecule has 108 valence electrons. The van der Waals surface area contributed by atoms with E-state index in [2.05, 4.69) is 12.2 Å². The van der Waals surface area contributed by atoms with Gasteiger partial charge in [0.1, 0.15) is 5.82 Å². The van der Waals surface area contributed by atoms with E-state index in [-0.39, 0.29) is 11.7 Å². The van der Waals surface area contributed by atoms with E-state index >= 15 is 0 Å². The van der Waals surface area contributed by atoms with E-state index in [0.29, 0.717) is 11.6 Å². The van der Waals surface area contributed by atoms with Crippen molar-refractivity contribution in [3.63, 3.8) is 0 Å². The second-order valence-corrected chi connectivity index (χ2v) is 6.23. The third kappa shape index (κ3) is 2.49. The summed E-state index contributed by atoms with van der Waals surface area (Å²) >= 11 is 0. The quantitative estimate of drug-likeness (QED) is 0.669. The third-order valence-corrected chi connectivity index (χ3v) is 4.92. The van der Waals surface area contributed by atoms with Crippen LogP contribution in [-0.4, -0.2) is 11.0 Å². The Balaban J connectivity index is 1.72. The van der Waals surface area contributed by atoms with E-state index in [0.717, 1.165) is 17.9 Å². The molecular weight excluding hydrogens is 259 g/mol. The minimum absolute atomic E-state index is 0.201. The molecule has 4 unspecified atom stereocenters. The zero-order valence-electron chi connectivity index (χ0n) is 11.5. The van der Waals surface area contributed by atoms with Crippen molar-refractivity contribution in [3.05, 3.63) is 34.1 Å². The fraction of sp³-hybridized carbons (Fsp3) is 0.600. The highest BCUT2D eigenvalue weighted by Gasteiger charge is 2.41. The first-order valence-electron chi connectivity index (χ1n) is 7.24. The van der Waals surface area contributed by atoms with E-state index in [9.17, 15) is 14.5 Å². The Morgan fingerprint density at radius 3 is 2.75 bits per heavy atom. The number of rotatable bonds is 4. The number of nitrogens with zero attached hydrogens (tertiary/aromatic N) is 1. The summed E-state index contributed by atoms with van der Waals surface area (Å²) in [7, 11) is 0. The Bertz CT molecular complexity index is 535. The molecule has 1 N–H and O–H groups in total. The maximum Gasteiger partial charge on any atom is 0.274 e.